The first-order chi connectivity index (χ1) is 10.1. The van der Waals surface area contributed by atoms with E-state index in [1.807, 2.05) is 6.92 Å². The van der Waals surface area contributed by atoms with Gasteiger partial charge in [0.25, 0.3) is 0 Å². The number of aliphatic imine (C=N–C) groups is 1. The van der Waals surface area contributed by atoms with Gasteiger partial charge in [0.1, 0.15) is 11.4 Å². The maximum atomic E-state index is 10.4. The predicted octanol–water partition coefficient (Wildman–Crippen LogP) is 1.84. The van der Waals surface area contributed by atoms with Gasteiger partial charge < -0.3 is 24.9 Å². The average Bonchev–Trinajstić information content (AvgIpc) is 3.14. The molecule has 0 aliphatic carbocycles. The monoisotopic (exact) mass is 423 g/mol. The second kappa shape index (κ2) is 9.36. The van der Waals surface area contributed by atoms with Crippen LogP contribution in [0.5, 0.6) is 0 Å². The van der Waals surface area contributed by atoms with Crippen molar-refractivity contribution in [2.24, 2.45) is 4.99 Å². The maximum Gasteiger partial charge on any atom is 0.191 e. The third-order valence-electron chi connectivity index (χ3n) is 3.46. The Morgan fingerprint density at radius 1 is 1.50 bits per heavy atom. The molecule has 1 aromatic rings. The molecule has 0 aromatic carbocycles. The number of aliphatic hydroxyl groups is 1. The number of nitrogens with one attached hydrogen (secondary N) is 2. The lowest BCUT2D eigenvalue weighted by atomic mass is 10.0. The van der Waals surface area contributed by atoms with Gasteiger partial charge in [-0.05, 0) is 38.8 Å². The van der Waals surface area contributed by atoms with E-state index in [1.165, 1.54) is 0 Å². The van der Waals surface area contributed by atoms with Crippen LogP contribution in [0.15, 0.2) is 27.8 Å². The van der Waals surface area contributed by atoms with E-state index < -0.39 is 5.60 Å². The SMILES string of the molecule is CCNC(=NCC(C)(O)c1ccco1)NCC1CCCO1.I. The van der Waals surface area contributed by atoms with Crippen molar-refractivity contribution in [2.45, 2.75) is 38.4 Å². The van der Waals surface area contributed by atoms with Crippen LogP contribution in [0.3, 0.4) is 0 Å². The highest BCUT2D eigenvalue weighted by Crippen LogP contribution is 2.21. The fourth-order valence-electron chi connectivity index (χ4n) is 2.25. The van der Waals surface area contributed by atoms with Gasteiger partial charge in [-0.3, -0.25) is 0 Å². The normalized spacial score (nSPS) is 21.0. The van der Waals surface area contributed by atoms with Gasteiger partial charge in [0.05, 0.1) is 18.9 Å². The van der Waals surface area contributed by atoms with Gasteiger partial charge in [0, 0.05) is 19.7 Å². The van der Waals surface area contributed by atoms with E-state index in [2.05, 4.69) is 15.6 Å². The zero-order valence-electron chi connectivity index (χ0n) is 13.2. The second-order valence-corrected chi connectivity index (χ2v) is 5.46. The molecular weight excluding hydrogens is 397 g/mol. The molecular formula is C15H26IN3O3. The Bertz CT molecular complexity index is 443. The third-order valence-corrected chi connectivity index (χ3v) is 3.46. The Labute approximate surface area is 148 Å². The Kier molecular flexibility index (Phi) is 8.19. The predicted molar refractivity (Wildman–Crippen MR) is 96.6 cm³/mol. The Morgan fingerprint density at radius 2 is 2.32 bits per heavy atom. The van der Waals surface area contributed by atoms with Crippen LogP contribution in [-0.2, 0) is 10.3 Å². The number of rotatable bonds is 6. The summed E-state index contributed by atoms with van der Waals surface area (Å²) in [5.74, 6) is 1.20. The van der Waals surface area contributed by atoms with E-state index in [-0.39, 0.29) is 36.6 Å². The lowest BCUT2D eigenvalue weighted by Gasteiger charge is -2.20. The highest BCUT2D eigenvalue weighted by atomic mass is 127. The maximum absolute atomic E-state index is 10.4. The standard InChI is InChI=1S/C15H25N3O3.HI/c1-3-16-14(17-10-12-6-4-8-20-12)18-11-15(2,19)13-7-5-9-21-13;/h5,7,9,12,19H,3-4,6,8,10-11H2,1-2H3,(H2,16,17,18);1H. The highest BCUT2D eigenvalue weighted by molar-refractivity contribution is 14.0. The number of halogens is 1. The molecule has 0 radical (unpaired) electrons. The minimum Gasteiger partial charge on any atom is -0.466 e. The number of hydrogen-bond donors (Lipinski definition) is 3. The van der Waals surface area contributed by atoms with Crippen molar-refractivity contribution in [1.82, 2.24) is 10.6 Å². The minimum atomic E-state index is -1.12. The van der Waals surface area contributed by atoms with Gasteiger partial charge in [-0.2, -0.15) is 0 Å². The van der Waals surface area contributed by atoms with E-state index in [0.717, 1.165) is 32.5 Å². The lowest BCUT2D eigenvalue weighted by Crippen LogP contribution is -2.42. The number of ether oxygens (including phenoxy) is 1. The third kappa shape index (κ3) is 5.77. The molecule has 1 aliphatic heterocycles. The van der Waals surface area contributed by atoms with Crippen LogP contribution >= 0.6 is 24.0 Å². The topological polar surface area (TPSA) is 79.0 Å². The smallest absolute Gasteiger partial charge is 0.191 e. The second-order valence-electron chi connectivity index (χ2n) is 5.46. The number of hydrogen-bond acceptors (Lipinski definition) is 4. The zero-order valence-corrected chi connectivity index (χ0v) is 15.5. The van der Waals surface area contributed by atoms with Crippen LogP contribution in [0.25, 0.3) is 0 Å². The molecule has 1 aliphatic rings. The first kappa shape index (κ1) is 19.2. The largest absolute Gasteiger partial charge is 0.466 e. The quantitative estimate of drug-likeness (QED) is 0.370. The van der Waals surface area contributed by atoms with E-state index in [9.17, 15) is 5.11 Å². The average molecular weight is 423 g/mol. The summed E-state index contributed by atoms with van der Waals surface area (Å²) in [5, 5.41) is 16.8. The van der Waals surface area contributed by atoms with Crippen molar-refractivity contribution >= 4 is 29.9 Å². The summed E-state index contributed by atoms with van der Waals surface area (Å²) < 4.78 is 10.8. The first-order valence-electron chi connectivity index (χ1n) is 7.52. The van der Waals surface area contributed by atoms with Crippen LogP contribution in [0.2, 0.25) is 0 Å². The fourth-order valence-corrected chi connectivity index (χ4v) is 2.25. The summed E-state index contributed by atoms with van der Waals surface area (Å²) in [6.07, 6.45) is 4.00. The molecule has 6 nitrogen and oxygen atoms in total. The summed E-state index contributed by atoms with van der Waals surface area (Å²) in [5.41, 5.74) is -1.12. The molecule has 0 bridgehead atoms. The Balaban J connectivity index is 0.00000242. The van der Waals surface area contributed by atoms with Crippen molar-refractivity contribution in [3.63, 3.8) is 0 Å². The highest BCUT2D eigenvalue weighted by Gasteiger charge is 2.26. The van der Waals surface area contributed by atoms with E-state index in [1.54, 1.807) is 25.3 Å². The number of guanidine groups is 1. The number of furan rings is 1. The van der Waals surface area contributed by atoms with Gasteiger partial charge in [0.2, 0.25) is 0 Å². The van der Waals surface area contributed by atoms with Crippen molar-refractivity contribution in [3.05, 3.63) is 24.2 Å². The van der Waals surface area contributed by atoms with E-state index in [0.29, 0.717) is 11.7 Å². The molecule has 2 rings (SSSR count). The summed E-state index contributed by atoms with van der Waals surface area (Å²) in [4.78, 5) is 4.43. The zero-order chi connectivity index (χ0) is 15.1. The van der Waals surface area contributed by atoms with Gasteiger partial charge in [-0.1, -0.05) is 0 Å². The molecule has 7 heteroatoms. The molecule has 1 fully saturated rings. The summed E-state index contributed by atoms with van der Waals surface area (Å²) in [6.45, 7) is 6.26. The summed E-state index contributed by atoms with van der Waals surface area (Å²) in [6, 6.07) is 3.51. The molecule has 22 heavy (non-hydrogen) atoms. The van der Waals surface area contributed by atoms with Crippen molar-refractivity contribution in [1.29, 1.82) is 0 Å². The van der Waals surface area contributed by atoms with Gasteiger partial charge in [0.15, 0.2) is 5.96 Å². The van der Waals surface area contributed by atoms with E-state index in [4.69, 9.17) is 9.15 Å². The number of nitrogens with zero attached hydrogens (tertiary/aromatic N) is 1. The van der Waals surface area contributed by atoms with Gasteiger partial charge in [-0.25, -0.2) is 4.99 Å². The molecule has 1 saturated heterocycles. The van der Waals surface area contributed by atoms with Gasteiger partial charge in [-0.15, -0.1) is 24.0 Å². The fraction of sp³-hybridized carbons (Fsp3) is 0.667. The minimum absolute atomic E-state index is 0. The summed E-state index contributed by atoms with van der Waals surface area (Å²) >= 11 is 0. The molecule has 0 spiro atoms. The summed E-state index contributed by atoms with van der Waals surface area (Å²) in [7, 11) is 0. The Hall–Kier alpha value is -0.800. The first-order valence-corrected chi connectivity index (χ1v) is 7.52. The van der Waals surface area contributed by atoms with Crippen molar-refractivity contribution in [2.75, 3.05) is 26.2 Å². The van der Waals surface area contributed by atoms with Crippen LogP contribution in [0, 0.1) is 0 Å². The molecule has 3 N–H and O–H groups in total. The molecule has 2 atom stereocenters. The molecule has 0 saturated carbocycles. The molecule has 1 aromatic heterocycles. The molecule has 0 amide bonds. The lowest BCUT2D eigenvalue weighted by molar-refractivity contribution is 0.0436. The van der Waals surface area contributed by atoms with Crippen molar-refractivity contribution in [3.8, 4) is 0 Å². The van der Waals surface area contributed by atoms with Crippen molar-refractivity contribution < 1.29 is 14.3 Å². The van der Waals surface area contributed by atoms with Crippen LogP contribution in [-0.4, -0.2) is 43.4 Å². The van der Waals surface area contributed by atoms with Crippen LogP contribution in [0.1, 0.15) is 32.4 Å². The van der Waals surface area contributed by atoms with Crippen LogP contribution < -0.4 is 10.6 Å². The van der Waals surface area contributed by atoms with Gasteiger partial charge >= 0.3 is 0 Å². The molecule has 2 heterocycles. The molecule has 2 unspecified atom stereocenters. The van der Waals surface area contributed by atoms with Crippen LogP contribution in [0.4, 0.5) is 0 Å². The molecule has 126 valence electrons. The van der Waals surface area contributed by atoms with E-state index >= 15 is 0 Å². The Morgan fingerprint density at radius 3 is 2.91 bits per heavy atom.